The van der Waals surface area contributed by atoms with Crippen molar-refractivity contribution >= 4 is 11.0 Å². The van der Waals surface area contributed by atoms with Gasteiger partial charge in [0.1, 0.15) is 5.82 Å². The average Bonchev–Trinajstić information content (AvgIpc) is 2.64. The van der Waals surface area contributed by atoms with Crippen LogP contribution in [0, 0.1) is 12.3 Å². The number of benzene rings is 1. The maximum atomic E-state index is 6.43. The highest BCUT2D eigenvalue weighted by Crippen LogP contribution is 2.33. The first-order valence-electron chi connectivity index (χ1n) is 6.96. The van der Waals surface area contributed by atoms with E-state index < -0.39 is 0 Å². The van der Waals surface area contributed by atoms with E-state index in [0.717, 1.165) is 11.3 Å². The monoisotopic (exact) mass is 259 g/mol. The summed E-state index contributed by atoms with van der Waals surface area (Å²) in [6.45, 7) is 12.9. The first kappa shape index (κ1) is 14.1. The summed E-state index contributed by atoms with van der Waals surface area (Å²) in [7, 11) is 0. The van der Waals surface area contributed by atoms with Crippen molar-refractivity contribution in [2.75, 3.05) is 0 Å². The van der Waals surface area contributed by atoms with Crippen LogP contribution in [0.5, 0.6) is 0 Å². The minimum atomic E-state index is -0.0670. The van der Waals surface area contributed by atoms with Crippen molar-refractivity contribution in [1.82, 2.24) is 9.55 Å². The van der Waals surface area contributed by atoms with Gasteiger partial charge in [-0.1, -0.05) is 26.8 Å². The molecule has 0 amide bonds. The summed E-state index contributed by atoms with van der Waals surface area (Å²) < 4.78 is 2.27. The van der Waals surface area contributed by atoms with Crippen LogP contribution in [0.4, 0.5) is 0 Å². The number of imidazole rings is 1. The third-order valence-corrected chi connectivity index (χ3v) is 3.60. The zero-order valence-electron chi connectivity index (χ0n) is 12.9. The smallest absolute Gasteiger partial charge is 0.127 e. The maximum absolute atomic E-state index is 6.43. The van der Waals surface area contributed by atoms with E-state index in [2.05, 4.69) is 64.3 Å². The molecule has 1 atom stereocenters. The van der Waals surface area contributed by atoms with E-state index in [4.69, 9.17) is 10.7 Å². The summed E-state index contributed by atoms with van der Waals surface area (Å²) in [6.07, 6.45) is 0. The number of hydrogen-bond donors (Lipinski definition) is 1. The molecule has 0 aliphatic carbocycles. The third kappa shape index (κ3) is 2.52. The number of hydrogen-bond acceptors (Lipinski definition) is 2. The van der Waals surface area contributed by atoms with Gasteiger partial charge in [-0.15, -0.1) is 0 Å². The standard InChI is InChI=1S/C16H25N3/c1-10(2)19-13-8-7-11(3)9-12(13)18-15(19)14(17)16(4,5)6/h7-10,14H,17H2,1-6H3. The van der Waals surface area contributed by atoms with Crippen molar-refractivity contribution in [1.29, 1.82) is 0 Å². The normalized spacial score (nSPS) is 14.3. The van der Waals surface area contributed by atoms with E-state index in [1.54, 1.807) is 0 Å². The molecule has 0 bridgehead atoms. The van der Waals surface area contributed by atoms with Crippen molar-refractivity contribution in [2.24, 2.45) is 11.1 Å². The van der Waals surface area contributed by atoms with Crippen molar-refractivity contribution in [3.05, 3.63) is 29.6 Å². The van der Waals surface area contributed by atoms with Gasteiger partial charge in [-0.05, 0) is 43.9 Å². The van der Waals surface area contributed by atoms with Crippen LogP contribution in [0.25, 0.3) is 11.0 Å². The molecule has 1 aromatic carbocycles. The molecule has 0 spiro atoms. The van der Waals surface area contributed by atoms with Gasteiger partial charge in [0, 0.05) is 6.04 Å². The van der Waals surface area contributed by atoms with Gasteiger partial charge in [0.05, 0.1) is 17.1 Å². The van der Waals surface area contributed by atoms with E-state index in [1.807, 2.05) is 0 Å². The third-order valence-electron chi connectivity index (χ3n) is 3.60. The Kier molecular flexibility index (Phi) is 3.43. The highest BCUT2D eigenvalue weighted by atomic mass is 15.1. The number of aromatic nitrogens is 2. The summed E-state index contributed by atoms with van der Waals surface area (Å²) in [5.74, 6) is 0.989. The second-order valence-corrected chi connectivity index (χ2v) is 6.77. The SMILES string of the molecule is Cc1ccc2c(c1)nc(C(N)C(C)(C)C)n2C(C)C. The molecule has 1 aromatic heterocycles. The highest BCUT2D eigenvalue weighted by molar-refractivity contribution is 5.77. The molecule has 0 saturated carbocycles. The summed E-state index contributed by atoms with van der Waals surface area (Å²) in [5.41, 5.74) is 9.89. The Balaban J connectivity index is 2.69. The van der Waals surface area contributed by atoms with Crippen LogP contribution in [0.3, 0.4) is 0 Å². The van der Waals surface area contributed by atoms with Crippen LogP contribution in [-0.2, 0) is 0 Å². The van der Waals surface area contributed by atoms with Crippen molar-refractivity contribution in [2.45, 2.75) is 53.6 Å². The van der Waals surface area contributed by atoms with Crippen LogP contribution in [-0.4, -0.2) is 9.55 Å². The predicted molar refractivity (Wildman–Crippen MR) is 81.2 cm³/mol. The minimum absolute atomic E-state index is 0.00304. The number of rotatable bonds is 2. The summed E-state index contributed by atoms with van der Waals surface area (Å²) in [4.78, 5) is 4.80. The fourth-order valence-electron chi connectivity index (χ4n) is 2.38. The average molecular weight is 259 g/mol. The van der Waals surface area contributed by atoms with E-state index in [-0.39, 0.29) is 11.5 Å². The number of nitrogens with two attached hydrogens (primary N) is 1. The zero-order chi connectivity index (χ0) is 14.4. The van der Waals surface area contributed by atoms with E-state index in [0.29, 0.717) is 6.04 Å². The molecule has 19 heavy (non-hydrogen) atoms. The van der Waals surface area contributed by atoms with Gasteiger partial charge in [-0.2, -0.15) is 0 Å². The number of aryl methyl sites for hydroxylation is 1. The van der Waals surface area contributed by atoms with Crippen LogP contribution in [0.2, 0.25) is 0 Å². The van der Waals surface area contributed by atoms with Crippen LogP contribution in [0.1, 0.15) is 58.1 Å². The molecule has 0 aliphatic heterocycles. The van der Waals surface area contributed by atoms with Crippen molar-refractivity contribution < 1.29 is 0 Å². The first-order chi connectivity index (χ1) is 8.71. The zero-order valence-corrected chi connectivity index (χ0v) is 12.9. The van der Waals surface area contributed by atoms with E-state index in [9.17, 15) is 0 Å². The molecular formula is C16H25N3. The molecule has 0 radical (unpaired) electrons. The topological polar surface area (TPSA) is 43.8 Å². The fraction of sp³-hybridized carbons (Fsp3) is 0.562. The Bertz CT molecular complexity index is 588. The van der Waals surface area contributed by atoms with Gasteiger partial charge in [-0.25, -0.2) is 4.98 Å². The molecule has 1 unspecified atom stereocenters. The lowest BCUT2D eigenvalue weighted by Crippen LogP contribution is -2.29. The largest absolute Gasteiger partial charge is 0.324 e. The predicted octanol–water partition coefficient (Wildman–Crippen LogP) is 3.97. The van der Waals surface area contributed by atoms with Gasteiger partial charge in [0.25, 0.3) is 0 Å². The van der Waals surface area contributed by atoms with Crippen molar-refractivity contribution in [3.63, 3.8) is 0 Å². The van der Waals surface area contributed by atoms with Crippen molar-refractivity contribution in [3.8, 4) is 0 Å². The molecule has 3 nitrogen and oxygen atoms in total. The molecule has 1 heterocycles. The molecule has 2 N–H and O–H groups in total. The summed E-state index contributed by atoms with van der Waals surface area (Å²) in [6, 6.07) is 6.71. The lowest BCUT2D eigenvalue weighted by molar-refractivity contribution is 0.305. The Morgan fingerprint density at radius 2 is 1.84 bits per heavy atom. The van der Waals surface area contributed by atoms with Gasteiger partial charge in [0.2, 0.25) is 0 Å². The molecular weight excluding hydrogens is 234 g/mol. The fourth-order valence-corrected chi connectivity index (χ4v) is 2.38. The second kappa shape index (κ2) is 4.64. The van der Waals surface area contributed by atoms with E-state index >= 15 is 0 Å². The van der Waals surface area contributed by atoms with Gasteiger partial charge < -0.3 is 10.3 Å². The maximum Gasteiger partial charge on any atom is 0.127 e. The molecule has 3 heteroatoms. The van der Waals surface area contributed by atoms with Gasteiger partial charge in [0.15, 0.2) is 0 Å². The first-order valence-corrected chi connectivity index (χ1v) is 6.96. The number of nitrogens with zero attached hydrogens (tertiary/aromatic N) is 2. The van der Waals surface area contributed by atoms with Crippen LogP contribution >= 0.6 is 0 Å². The molecule has 2 rings (SSSR count). The molecule has 0 aliphatic rings. The summed E-state index contributed by atoms with van der Waals surface area (Å²) >= 11 is 0. The van der Waals surface area contributed by atoms with Crippen LogP contribution in [0.15, 0.2) is 18.2 Å². The quantitative estimate of drug-likeness (QED) is 0.886. The molecule has 2 aromatic rings. The highest BCUT2D eigenvalue weighted by Gasteiger charge is 2.28. The van der Waals surface area contributed by atoms with Gasteiger partial charge >= 0.3 is 0 Å². The summed E-state index contributed by atoms with van der Waals surface area (Å²) in [5, 5.41) is 0. The Hall–Kier alpha value is -1.35. The molecule has 0 saturated heterocycles. The Morgan fingerprint density at radius 1 is 1.21 bits per heavy atom. The van der Waals surface area contributed by atoms with Gasteiger partial charge in [-0.3, -0.25) is 0 Å². The lowest BCUT2D eigenvalue weighted by Gasteiger charge is -2.28. The minimum Gasteiger partial charge on any atom is -0.324 e. The molecule has 0 fully saturated rings. The van der Waals surface area contributed by atoms with Crippen LogP contribution < -0.4 is 5.73 Å². The second-order valence-electron chi connectivity index (χ2n) is 6.77. The molecule has 104 valence electrons. The number of fused-ring (bicyclic) bond motifs is 1. The van der Waals surface area contributed by atoms with E-state index in [1.165, 1.54) is 11.1 Å². The lowest BCUT2D eigenvalue weighted by atomic mass is 9.87. The Labute approximate surface area is 115 Å². The Morgan fingerprint density at radius 3 is 2.37 bits per heavy atom.